The van der Waals surface area contributed by atoms with Crippen LogP contribution in [0.4, 0.5) is 0 Å². The van der Waals surface area contributed by atoms with Crippen molar-refractivity contribution in [1.29, 1.82) is 0 Å². The van der Waals surface area contributed by atoms with Gasteiger partial charge in [-0.2, -0.15) is 4.31 Å². The third-order valence-corrected chi connectivity index (χ3v) is 6.29. The van der Waals surface area contributed by atoms with Gasteiger partial charge in [0.1, 0.15) is 0 Å². The Labute approximate surface area is 138 Å². The lowest BCUT2D eigenvalue weighted by molar-refractivity contribution is 0.196. The molecule has 0 aromatic heterocycles. The minimum absolute atomic E-state index is 0.377. The second-order valence-electron chi connectivity index (χ2n) is 5.73. The molecule has 0 amide bonds. The number of rotatable bonds is 4. The molecule has 1 aliphatic rings. The second kappa shape index (κ2) is 6.83. The molecule has 0 unspecified atom stereocenters. The average Bonchev–Trinajstić information content (AvgIpc) is 2.62. The largest absolute Gasteiger partial charge is 0.301 e. The Hall–Kier alpha value is -1.69. The van der Waals surface area contributed by atoms with E-state index in [1.807, 2.05) is 42.5 Å². The van der Waals surface area contributed by atoms with Crippen molar-refractivity contribution < 1.29 is 8.42 Å². The third kappa shape index (κ3) is 3.47. The van der Waals surface area contributed by atoms with Crippen LogP contribution in [-0.4, -0.2) is 50.3 Å². The standard InChI is InChI=1S/C18H22N2O2S/c1-2-19-12-14-20(15-13-19)23(21,22)18-10-8-17(9-11-18)16-6-4-3-5-7-16/h3-11H,2,12-15H2,1H3. The van der Waals surface area contributed by atoms with E-state index in [9.17, 15) is 8.42 Å². The SMILES string of the molecule is CCN1CCN(S(=O)(=O)c2ccc(-c3ccccc3)cc2)CC1. The van der Waals surface area contributed by atoms with Crippen molar-refractivity contribution in [3.05, 3.63) is 54.6 Å². The quantitative estimate of drug-likeness (QED) is 0.865. The first-order valence-electron chi connectivity index (χ1n) is 7.99. The van der Waals surface area contributed by atoms with Crippen LogP contribution in [0.2, 0.25) is 0 Å². The van der Waals surface area contributed by atoms with Crippen LogP contribution >= 0.6 is 0 Å². The van der Waals surface area contributed by atoms with Gasteiger partial charge in [-0.25, -0.2) is 8.42 Å². The second-order valence-corrected chi connectivity index (χ2v) is 7.67. The van der Waals surface area contributed by atoms with E-state index in [1.165, 1.54) is 0 Å². The highest BCUT2D eigenvalue weighted by atomic mass is 32.2. The summed E-state index contributed by atoms with van der Waals surface area (Å²) in [6.07, 6.45) is 0. The number of piperazine rings is 1. The summed E-state index contributed by atoms with van der Waals surface area (Å²) in [4.78, 5) is 2.65. The molecule has 5 heteroatoms. The number of nitrogens with zero attached hydrogens (tertiary/aromatic N) is 2. The molecule has 4 nitrogen and oxygen atoms in total. The minimum atomic E-state index is -3.39. The maximum absolute atomic E-state index is 12.7. The monoisotopic (exact) mass is 330 g/mol. The Morgan fingerprint density at radius 2 is 1.39 bits per heavy atom. The van der Waals surface area contributed by atoms with Crippen molar-refractivity contribution in [3.8, 4) is 11.1 Å². The summed E-state index contributed by atoms with van der Waals surface area (Å²) in [6, 6.07) is 17.2. The van der Waals surface area contributed by atoms with Crippen LogP contribution in [0.15, 0.2) is 59.5 Å². The van der Waals surface area contributed by atoms with Gasteiger partial charge in [0.15, 0.2) is 0 Å². The topological polar surface area (TPSA) is 40.6 Å². The molecular weight excluding hydrogens is 308 g/mol. The summed E-state index contributed by atoms with van der Waals surface area (Å²) in [5.41, 5.74) is 2.12. The van der Waals surface area contributed by atoms with Gasteiger partial charge in [0, 0.05) is 26.2 Å². The van der Waals surface area contributed by atoms with E-state index in [1.54, 1.807) is 16.4 Å². The molecule has 0 aliphatic carbocycles. The van der Waals surface area contributed by atoms with Crippen molar-refractivity contribution in [2.24, 2.45) is 0 Å². The van der Waals surface area contributed by atoms with Crippen LogP contribution in [0.3, 0.4) is 0 Å². The molecule has 2 aromatic carbocycles. The Morgan fingerprint density at radius 3 is 1.96 bits per heavy atom. The van der Waals surface area contributed by atoms with Gasteiger partial charge in [0.05, 0.1) is 4.90 Å². The molecule has 0 atom stereocenters. The number of sulfonamides is 1. The van der Waals surface area contributed by atoms with Crippen molar-refractivity contribution >= 4 is 10.0 Å². The third-order valence-electron chi connectivity index (χ3n) is 4.38. The summed E-state index contributed by atoms with van der Waals surface area (Å²) in [5.74, 6) is 0. The normalized spacial score (nSPS) is 17.3. The molecule has 122 valence electrons. The van der Waals surface area contributed by atoms with Gasteiger partial charge in [-0.1, -0.05) is 49.4 Å². The highest BCUT2D eigenvalue weighted by Crippen LogP contribution is 2.23. The highest BCUT2D eigenvalue weighted by molar-refractivity contribution is 7.89. The lowest BCUT2D eigenvalue weighted by Crippen LogP contribution is -2.48. The van der Waals surface area contributed by atoms with Crippen LogP contribution in [-0.2, 0) is 10.0 Å². The molecule has 1 fully saturated rings. The van der Waals surface area contributed by atoms with Crippen molar-refractivity contribution in [2.75, 3.05) is 32.7 Å². The lowest BCUT2D eigenvalue weighted by Gasteiger charge is -2.33. The van der Waals surface area contributed by atoms with E-state index >= 15 is 0 Å². The summed E-state index contributed by atoms with van der Waals surface area (Å²) in [7, 11) is -3.39. The number of benzene rings is 2. The van der Waals surface area contributed by atoms with Gasteiger partial charge in [-0.15, -0.1) is 0 Å². The Morgan fingerprint density at radius 1 is 0.826 bits per heavy atom. The first-order valence-corrected chi connectivity index (χ1v) is 9.43. The Kier molecular flexibility index (Phi) is 4.80. The molecule has 1 heterocycles. The number of hydrogen-bond acceptors (Lipinski definition) is 3. The molecular formula is C18H22N2O2S. The molecule has 0 N–H and O–H groups in total. The number of likely N-dealkylation sites (N-methyl/N-ethyl adjacent to an activating group) is 1. The van der Waals surface area contributed by atoms with E-state index in [4.69, 9.17) is 0 Å². The summed E-state index contributed by atoms with van der Waals surface area (Å²) >= 11 is 0. The van der Waals surface area contributed by atoms with E-state index in [2.05, 4.69) is 11.8 Å². The fourth-order valence-electron chi connectivity index (χ4n) is 2.89. The first-order chi connectivity index (χ1) is 11.1. The molecule has 1 aliphatic heterocycles. The molecule has 1 saturated heterocycles. The number of hydrogen-bond donors (Lipinski definition) is 0. The van der Waals surface area contributed by atoms with Gasteiger partial charge in [-0.05, 0) is 29.8 Å². The van der Waals surface area contributed by atoms with Crippen molar-refractivity contribution in [2.45, 2.75) is 11.8 Å². The van der Waals surface area contributed by atoms with Gasteiger partial charge >= 0.3 is 0 Å². The summed E-state index contributed by atoms with van der Waals surface area (Å²) in [5, 5.41) is 0. The maximum atomic E-state index is 12.7. The van der Waals surface area contributed by atoms with E-state index in [0.29, 0.717) is 18.0 Å². The molecule has 0 spiro atoms. The van der Waals surface area contributed by atoms with Crippen LogP contribution in [0, 0.1) is 0 Å². The van der Waals surface area contributed by atoms with Gasteiger partial charge in [0.2, 0.25) is 10.0 Å². The molecule has 23 heavy (non-hydrogen) atoms. The zero-order valence-corrected chi connectivity index (χ0v) is 14.2. The average molecular weight is 330 g/mol. The highest BCUT2D eigenvalue weighted by Gasteiger charge is 2.27. The van der Waals surface area contributed by atoms with Gasteiger partial charge in [0.25, 0.3) is 0 Å². The molecule has 2 aromatic rings. The van der Waals surface area contributed by atoms with Gasteiger partial charge in [-0.3, -0.25) is 0 Å². The fourth-order valence-corrected chi connectivity index (χ4v) is 4.31. The van der Waals surface area contributed by atoms with E-state index in [0.717, 1.165) is 30.8 Å². The summed E-state index contributed by atoms with van der Waals surface area (Å²) < 4.78 is 27.1. The zero-order valence-electron chi connectivity index (χ0n) is 13.4. The van der Waals surface area contributed by atoms with Crippen LogP contribution < -0.4 is 0 Å². The molecule has 3 rings (SSSR count). The van der Waals surface area contributed by atoms with Crippen LogP contribution in [0.5, 0.6) is 0 Å². The fraction of sp³-hybridized carbons (Fsp3) is 0.333. The minimum Gasteiger partial charge on any atom is -0.301 e. The van der Waals surface area contributed by atoms with Crippen LogP contribution in [0.1, 0.15) is 6.92 Å². The lowest BCUT2D eigenvalue weighted by atomic mass is 10.1. The van der Waals surface area contributed by atoms with Gasteiger partial charge < -0.3 is 4.90 Å². The van der Waals surface area contributed by atoms with E-state index in [-0.39, 0.29) is 0 Å². The van der Waals surface area contributed by atoms with E-state index < -0.39 is 10.0 Å². The molecule has 0 bridgehead atoms. The Bertz CT molecular complexity index is 734. The molecule has 0 saturated carbocycles. The molecule has 0 radical (unpaired) electrons. The van der Waals surface area contributed by atoms with Crippen LogP contribution in [0.25, 0.3) is 11.1 Å². The van der Waals surface area contributed by atoms with Crippen molar-refractivity contribution in [3.63, 3.8) is 0 Å². The predicted molar refractivity (Wildman–Crippen MR) is 92.8 cm³/mol. The Balaban J connectivity index is 1.79. The van der Waals surface area contributed by atoms with Crippen molar-refractivity contribution in [1.82, 2.24) is 9.21 Å². The smallest absolute Gasteiger partial charge is 0.243 e. The first kappa shape index (κ1) is 16.2. The maximum Gasteiger partial charge on any atom is 0.243 e. The summed E-state index contributed by atoms with van der Waals surface area (Å²) in [6.45, 7) is 5.81. The predicted octanol–water partition coefficient (Wildman–Crippen LogP) is 2.68. The zero-order chi connectivity index (χ0) is 16.3.